The zero-order valence-electron chi connectivity index (χ0n) is 12.0. The molecular formula is C15H16N6O. The van der Waals surface area contributed by atoms with E-state index in [4.69, 9.17) is 5.26 Å². The molecule has 22 heavy (non-hydrogen) atoms. The van der Waals surface area contributed by atoms with Crippen LogP contribution in [-0.2, 0) is 11.3 Å². The van der Waals surface area contributed by atoms with Crippen LogP contribution >= 0.6 is 0 Å². The molecule has 1 aliphatic heterocycles. The minimum Gasteiger partial charge on any atom is -0.331 e. The fraction of sp³-hybridized carbons (Fsp3) is 0.333. The Morgan fingerprint density at radius 2 is 2.45 bits per heavy atom. The highest BCUT2D eigenvalue weighted by atomic mass is 16.2. The Labute approximate surface area is 128 Å². The number of hydrogen-bond donors (Lipinski definition) is 1. The minimum atomic E-state index is -0.150. The van der Waals surface area contributed by atoms with Crippen LogP contribution in [0.4, 0.5) is 5.82 Å². The largest absolute Gasteiger partial charge is 0.331 e. The van der Waals surface area contributed by atoms with Gasteiger partial charge in [0, 0.05) is 31.7 Å². The van der Waals surface area contributed by atoms with Crippen molar-refractivity contribution in [2.75, 3.05) is 18.4 Å². The second kappa shape index (κ2) is 6.26. The summed E-state index contributed by atoms with van der Waals surface area (Å²) in [6, 6.07) is 3.87. The summed E-state index contributed by atoms with van der Waals surface area (Å²) >= 11 is 0. The topological polar surface area (TPSA) is 86.8 Å². The summed E-state index contributed by atoms with van der Waals surface area (Å²) in [4.78, 5) is 22.0. The summed E-state index contributed by atoms with van der Waals surface area (Å²) in [7, 11) is 0. The van der Waals surface area contributed by atoms with E-state index in [1.165, 1.54) is 0 Å². The quantitative estimate of drug-likeness (QED) is 0.853. The van der Waals surface area contributed by atoms with Crippen molar-refractivity contribution in [3.05, 3.63) is 42.6 Å². The summed E-state index contributed by atoms with van der Waals surface area (Å²) in [6.45, 7) is 1.78. The maximum Gasteiger partial charge on any atom is 0.230 e. The van der Waals surface area contributed by atoms with Crippen molar-refractivity contribution in [3.63, 3.8) is 0 Å². The highest BCUT2D eigenvalue weighted by molar-refractivity contribution is 5.91. The molecule has 0 bridgehead atoms. The first-order chi connectivity index (χ1) is 10.7. The molecule has 1 atom stereocenters. The first-order valence-electron chi connectivity index (χ1n) is 7.11. The molecule has 0 aromatic carbocycles. The van der Waals surface area contributed by atoms with Gasteiger partial charge in [-0.1, -0.05) is 6.07 Å². The number of nitriles is 1. The Morgan fingerprint density at radius 3 is 3.18 bits per heavy atom. The first-order valence-corrected chi connectivity index (χ1v) is 7.11. The number of likely N-dealkylation sites (tertiary alicyclic amines) is 1. The van der Waals surface area contributed by atoms with Crippen molar-refractivity contribution in [2.24, 2.45) is 5.92 Å². The van der Waals surface area contributed by atoms with E-state index < -0.39 is 0 Å². The summed E-state index contributed by atoms with van der Waals surface area (Å²) < 4.78 is 1.89. The van der Waals surface area contributed by atoms with E-state index >= 15 is 0 Å². The monoisotopic (exact) mass is 296 g/mol. The van der Waals surface area contributed by atoms with E-state index in [1.807, 2.05) is 16.7 Å². The molecule has 3 heterocycles. The lowest BCUT2D eigenvalue weighted by atomic mass is 10.1. The molecule has 1 aliphatic rings. The van der Waals surface area contributed by atoms with Gasteiger partial charge >= 0.3 is 0 Å². The van der Waals surface area contributed by atoms with Gasteiger partial charge in [0.25, 0.3) is 0 Å². The number of aromatic nitrogens is 3. The van der Waals surface area contributed by atoms with E-state index in [0.717, 1.165) is 5.56 Å². The standard InChI is InChI=1S/C15H16N6O/c16-10-20-5-3-13(8-20)15(22)19-14-9-21(11-18-14)7-12-2-1-4-17-6-12/h1-2,4,6,9,11,13H,3,5,7-8H2,(H,19,22). The average Bonchev–Trinajstić information content (AvgIpc) is 3.17. The number of hydrogen-bond acceptors (Lipinski definition) is 5. The van der Waals surface area contributed by atoms with E-state index in [9.17, 15) is 4.79 Å². The number of pyridine rings is 1. The maximum atomic E-state index is 12.1. The van der Waals surface area contributed by atoms with Crippen molar-refractivity contribution >= 4 is 11.7 Å². The van der Waals surface area contributed by atoms with Gasteiger partial charge in [-0.25, -0.2) is 4.98 Å². The molecule has 0 aliphatic carbocycles. The van der Waals surface area contributed by atoms with Crippen LogP contribution in [0.1, 0.15) is 12.0 Å². The normalized spacial score (nSPS) is 17.2. The third kappa shape index (κ3) is 3.23. The summed E-state index contributed by atoms with van der Waals surface area (Å²) in [6.07, 6.45) is 9.78. The molecular weight excluding hydrogens is 280 g/mol. The Bertz CT molecular complexity index is 690. The van der Waals surface area contributed by atoms with Crippen LogP contribution in [0.25, 0.3) is 0 Å². The van der Waals surface area contributed by atoms with Crippen LogP contribution in [0.15, 0.2) is 37.1 Å². The zero-order chi connectivity index (χ0) is 15.4. The first kappa shape index (κ1) is 14.1. The molecule has 1 N–H and O–H groups in total. The number of imidazole rings is 1. The molecule has 3 rings (SSSR count). The Balaban J connectivity index is 1.58. The Hall–Kier alpha value is -2.88. The highest BCUT2D eigenvalue weighted by Gasteiger charge is 2.28. The van der Waals surface area contributed by atoms with E-state index in [2.05, 4.69) is 21.5 Å². The Morgan fingerprint density at radius 1 is 1.55 bits per heavy atom. The number of nitrogens with one attached hydrogen (secondary N) is 1. The zero-order valence-corrected chi connectivity index (χ0v) is 12.0. The van der Waals surface area contributed by atoms with Crippen LogP contribution in [0.2, 0.25) is 0 Å². The van der Waals surface area contributed by atoms with Gasteiger partial charge in [-0.05, 0) is 18.1 Å². The Kier molecular flexibility index (Phi) is 4.01. The second-order valence-electron chi connectivity index (χ2n) is 5.31. The van der Waals surface area contributed by atoms with E-state index in [1.54, 1.807) is 29.8 Å². The number of carbonyl (C=O) groups excluding carboxylic acids is 1. The fourth-order valence-corrected chi connectivity index (χ4v) is 2.51. The molecule has 1 fully saturated rings. The van der Waals surface area contributed by atoms with Gasteiger partial charge in [0.2, 0.25) is 5.91 Å². The molecule has 112 valence electrons. The number of nitrogens with zero attached hydrogens (tertiary/aromatic N) is 5. The molecule has 2 aromatic heterocycles. The SMILES string of the molecule is N#CN1CCC(C(=O)Nc2cn(Cc3cccnc3)cn2)C1. The van der Waals surface area contributed by atoms with Crippen molar-refractivity contribution in [1.29, 1.82) is 5.26 Å². The molecule has 7 nitrogen and oxygen atoms in total. The molecule has 2 aromatic rings. The van der Waals surface area contributed by atoms with Crippen LogP contribution in [0, 0.1) is 17.4 Å². The van der Waals surface area contributed by atoms with Gasteiger partial charge in [0.05, 0.1) is 18.8 Å². The minimum absolute atomic E-state index is 0.0793. The van der Waals surface area contributed by atoms with Gasteiger partial charge in [-0.3, -0.25) is 9.78 Å². The van der Waals surface area contributed by atoms with Crippen molar-refractivity contribution in [1.82, 2.24) is 19.4 Å². The van der Waals surface area contributed by atoms with Crippen molar-refractivity contribution in [2.45, 2.75) is 13.0 Å². The van der Waals surface area contributed by atoms with Crippen LogP contribution in [0.3, 0.4) is 0 Å². The second-order valence-corrected chi connectivity index (χ2v) is 5.31. The predicted molar refractivity (Wildman–Crippen MR) is 79.5 cm³/mol. The van der Waals surface area contributed by atoms with Crippen LogP contribution in [0.5, 0.6) is 0 Å². The van der Waals surface area contributed by atoms with Gasteiger partial charge < -0.3 is 14.8 Å². The summed E-state index contributed by atoms with van der Waals surface area (Å²) in [5, 5.41) is 11.6. The molecule has 1 unspecified atom stereocenters. The molecule has 0 saturated carbocycles. The lowest BCUT2D eigenvalue weighted by Gasteiger charge is -2.08. The fourth-order valence-electron chi connectivity index (χ4n) is 2.51. The van der Waals surface area contributed by atoms with Crippen LogP contribution in [-0.4, -0.2) is 38.4 Å². The molecule has 0 spiro atoms. The highest BCUT2D eigenvalue weighted by Crippen LogP contribution is 2.17. The third-order valence-electron chi connectivity index (χ3n) is 3.67. The average molecular weight is 296 g/mol. The molecule has 0 radical (unpaired) electrons. The third-order valence-corrected chi connectivity index (χ3v) is 3.67. The van der Waals surface area contributed by atoms with Crippen molar-refractivity contribution < 1.29 is 4.79 Å². The maximum absolute atomic E-state index is 12.1. The van der Waals surface area contributed by atoms with Crippen LogP contribution < -0.4 is 5.32 Å². The lowest BCUT2D eigenvalue weighted by molar-refractivity contribution is -0.119. The van der Waals surface area contributed by atoms with E-state index in [0.29, 0.717) is 31.9 Å². The lowest BCUT2D eigenvalue weighted by Crippen LogP contribution is -2.25. The summed E-state index contributed by atoms with van der Waals surface area (Å²) in [5.74, 6) is 0.303. The predicted octanol–water partition coefficient (Wildman–Crippen LogP) is 1.07. The number of carbonyl (C=O) groups is 1. The van der Waals surface area contributed by atoms with Crippen molar-refractivity contribution in [3.8, 4) is 6.19 Å². The molecule has 1 amide bonds. The summed E-state index contributed by atoms with van der Waals surface area (Å²) in [5.41, 5.74) is 1.07. The number of rotatable bonds is 4. The number of amides is 1. The molecule has 1 saturated heterocycles. The van der Waals surface area contributed by atoms with Gasteiger partial charge in [-0.2, -0.15) is 5.26 Å². The molecule has 7 heteroatoms. The van der Waals surface area contributed by atoms with Gasteiger partial charge in [-0.15, -0.1) is 0 Å². The van der Waals surface area contributed by atoms with Gasteiger partial charge in [0.15, 0.2) is 12.0 Å². The smallest absolute Gasteiger partial charge is 0.230 e. The van der Waals surface area contributed by atoms with Gasteiger partial charge in [0.1, 0.15) is 0 Å². The number of anilines is 1. The van der Waals surface area contributed by atoms with E-state index in [-0.39, 0.29) is 11.8 Å².